The monoisotopic (exact) mass is 373 g/mol. The lowest BCUT2D eigenvalue weighted by Gasteiger charge is -2.18. The van der Waals surface area contributed by atoms with E-state index in [1.807, 2.05) is 0 Å². The van der Waals surface area contributed by atoms with Crippen molar-refractivity contribution >= 4 is 43.7 Å². The molecule has 1 rings (SSSR count). The van der Waals surface area contributed by atoms with E-state index in [9.17, 15) is 9.59 Å². The molecule has 0 aliphatic rings. The Labute approximate surface area is 121 Å². The fourth-order valence-electron chi connectivity index (χ4n) is 1.30. The summed E-state index contributed by atoms with van der Waals surface area (Å²) in [5, 5.41) is 8.75. The van der Waals surface area contributed by atoms with Crippen LogP contribution in [0.25, 0.3) is 0 Å². The number of hydrogen-bond acceptors (Lipinski definition) is 2. The van der Waals surface area contributed by atoms with E-state index in [-0.39, 0.29) is 6.54 Å². The molecule has 0 saturated heterocycles. The average molecular weight is 375 g/mol. The molecule has 94 valence electrons. The van der Waals surface area contributed by atoms with Gasteiger partial charge in [-0.25, -0.2) is 0 Å². The second-order valence-electron chi connectivity index (χ2n) is 3.38. The molecule has 1 N–H and O–H groups in total. The molecule has 18 heavy (non-hydrogen) atoms. The van der Waals surface area contributed by atoms with Crippen molar-refractivity contribution in [3.63, 3.8) is 0 Å². The van der Waals surface area contributed by atoms with Gasteiger partial charge in [0, 0.05) is 8.95 Å². The standard InChI is InChI=1S/C12H9Br2NO3/c1-2-5-15(7-11(16)17)12(18)9-6-8(13)3-4-10(9)14/h1,3-4,6H,5,7H2,(H,16,17). The van der Waals surface area contributed by atoms with Gasteiger partial charge in [0.05, 0.1) is 12.1 Å². The first-order valence-corrected chi connectivity index (χ1v) is 6.44. The quantitative estimate of drug-likeness (QED) is 0.823. The Morgan fingerprint density at radius 1 is 1.39 bits per heavy atom. The predicted octanol–water partition coefficient (Wildman–Crippen LogP) is 2.37. The van der Waals surface area contributed by atoms with E-state index in [2.05, 4.69) is 37.8 Å². The third kappa shape index (κ3) is 3.86. The molecule has 6 heteroatoms. The van der Waals surface area contributed by atoms with Crippen LogP contribution in [0.3, 0.4) is 0 Å². The number of carbonyl (C=O) groups excluding carboxylic acids is 1. The zero-order chi connectivity index (χ0) is 13.7. The number of benzene rings is 1. The molecule has 0 atom stereocenters. The lowest BCUT2D eigenvalue weighted by Crippen LogP contribution is -2.36. The van der Waals surface area contributed by atoms with Crippen LogP contribution in [0.1, 0.15) is 10.4 Å². The van der Waals surface area contributed by atoms with E-state index in [0.717, 1.165) is 9.37 Å². The summed E-state index contributed by atoms with van der Waals surface area (Å²) in [5.41, 5.74) is 0.362. The molecule has 0 unspecified atom stereocenters. The summed E-state index contributed by atoms with van der Waals surface area (Å²) in [5.74, 6) is 0.739. The van der Waals surface area contributed by atoms with Gasteiger partial charge in [-0.1, -0.05) is 21.9 Å². The molecule has 1 aromatic carbocycles. The van der Waals surface area contributed by atoms with Gasteiger partial charge in [-0.2, -0.15) is 0 Å². The fourth-order valence-corrected chi connectivity index (χ4v) is 2.08. The van der Waals surface area contributed by atoms with Crippen LogP contribution in [0, 0.1) is 12.3 Å². The predicted molar refractivity (Wildman–Crippen MR) is 74.2 cm³/mol. The Morgan fingerprint density at radius 2 is 2.06 bits per heavy atom. The highest BCUT2D eigenvalue weighted by molar-refractivity contribution is 9.11. The van der Waals surface area contributed by atoms with E-state index in [1.165, 1.54) is 0 Å². The Bertz CT molecular complexity index is 523. The molecule has 1 aromatic rings. The largest absolute Gasteiger partial charge is 0.480 e. The van der Waals surface area contributed by atoms with Gasteiger partial charge in [-0.15, -0.1) is 6.42 Å². The molecule has 0 aromatic heterocycles. The van der Waals surface area contributed by atoms with Crippen molar-refractivity contribution < 1.29 is 14.7 Å². The molecule has 0 bridgehead atoms. The van der Waals surface area contributed by atoms with Crippen molar-refractivity contribution in [2.75, 3.05) is 13.1 Å². The number of hydrogen-bond donors (Lipinski definition) is 1. The van der Waals surface area contributed by atoms with Crippen LogP contribution < -0.4 is 0 Å². The highest BCUT2D eigenvalue weighted by Gasteiger charge is 2.20. The van der Waals surface area contributed by atoms with Crippen molar-refractivity contribution in [2.45, 2.75) is 0 Å². The molecule has 0 radical (unpaired) electrons. The molecular formula is C12H9Br2NO3. The molecule has 1 amide bonds. The van der Waals surface area contributed by atoms with Gasteiger partial charge in [0.2, 0.25) is 0 Å². The smallest absolute Gasteiger partial charge is 0.323 e. The zero-order valence-electron chi connectivity index (χ0n) is 9.19. The number of carboxylic acids is 1. The third-order valence-electron chi connectivity index (χ3n) is 2.05. The van der Waals surface area contributed by atoms with Crippen molar-refractivity contribution in [1.82, 2.24) is 4.90 Å². The van der Waals surface area contributed by atoms with Crippen molar-refractivity contribution in [2.24, 2.45) is 0 Å². The summed E-state index contributed by atoms with van der Waals surface area (Å²) in [4.78, 5) is 23.9. The van der Waals surface area contributed by atoms with Gasteiger partial charge in [0.25, 0.3) is 5.91 Å². The van der Waals surface area contributed by atoms with E-state index in [0.29, 0.717) is 10.0 Å². The van der Waals surface area contributed by atoms with Crippen molar-refractivity contribution in [1.29, 1.82) is 0 Å². The van der Waals surface area contributed by atoms with Gasteiger partial charge in [-0.05, 0) is 34.1 Å². The molecule has 4 nitrogen and oxygen atoms in total. The second-order valence-corrected chi connectivity index (χ2v) is 5.15. The molecule has 0 heterocycles. The Kier molecular flexibility index (Phi) is 5.38. The molecule has 0 aliphatic carbocycles. The summed E-state index contributed by atoms with van der Waals surface area (Å²) in [6, 6.07) is 5.08. The van der Waals surface area contributed by atoms with Crippen LogP contribution >= 0.6 is 31.9 Å². The summed E-state index contributed by atoms with van der Waals surface area (Å²) in [6.07, 6.45) is 5.13. The normalized spacial score (nSPS) is 9.61. The van der Waals surface area contributed by atoms with E-state index >= 15 is 0 Å². The maximum atomic E-state index is 12.2. The van der Waals surface area contributed by atoms with Gasteiger partial charge < -0.3 is 10.0 Å². The Morgan fingerprint density at radius 3 is 2.61 bits per heavy atom. The Hall–Kier alpha value is -1.32. The Balaban J connectivity index is 3.05. The number of rotatable bonds is 4. The number of amides is 1. The van der Waals surface area contributed by atoms with Gasteiger partial charge in [0.1, 0.15) is 6.54 Å². The first-order chi connectivity index (χ1) is 8.45. The average Bonchev–Trinajstić information content (AvgIpc) is 2.30. The minimum atomic E-state index is -1.11. The van der Waals surface area contributed by atoms with Crippen LogP contribution in [0.15, 0.2) is 27.1 Å². The number of aliphatic carboxylic acids is 1. The van der Waals surface area contributed by atoms with Crippen LogP contribution in [-0.2, 0) is 4.79 Å². The van der Waals surface area contributed by atoms with Gasteiger partial charge in [0.15, 0.2) is 0 Å². The lowest BCUT2D eigenvalue weighted by atomic mass is 10.2. The fraction of sp³-hybridized carbons (Fsp3) is 0.167. The van der Waals surface area contributed by atoms with Crippen LogP contribution in [0.2, 0.25) is 0 Å². The minimum Gasteiger partial charge on any atom is -0.480 e. The number of halogens is 2. The highest BCUT2D eigenvalue weighted by atomic mass is 79.9. The van der Waals surface area contributed by atoms with Crippen molar-refractivity contribution in [3.8, 4) is 12.3 Å². The summed E-state index contributed by atoms with van der Waals surface area (Å²) in [7, 11) is 0. The molecular weight excluding hydrogens is 366 g/mol. The molecule has 0 aliphatic heterocycles. The van der Waals surface area contributed by atoms with Crippen LogP contribution in [0.5, 0.6) is 0 Å². The molecule has 0 fully saturated rings. The van der Waals surface area contributed by atoms with E-state index < -0.39 is 18.4 Å². The highest BCUT2D eigenvalue weighted by Crippen LogP contribution is 2.22. The third-order valence-corrected chi connectivity index (χ3v) is 3.24. The first-order valence-electron chi connectivity index (χ1n) is 4.85. The zero-order valence-corrected chi connectivity index (χ0v) is 12.4. The summed E-state index contributed by atoms with van der Waals surface area (Å²) >= 11 is 6.50. The van der Waals surface area contributed by atoms with Gasteiger partial charge in [-0.3, -0.25) is 9.59 Å². The SMILES string of the molecule is C#CCN(CC(=O)O)C(=O)c1cc(Br)ccc1Br. The van der Waals surface area contributed by atoms with E-state index in [4.69, 9.17) is 11.5 Å². The summed E-state index contributed by atoms with van der Waals surface area (Å²) < 4.78 is 1.31. The lowest BCUT2D eigenvalue weighted by molar-refractivity contribution is -0.137. The minimum absolute atomic E-state index is 0.0515. The maximum Gasteiger partial charge on any atom is 0.323 e. The van der Waals surface area contributed by atoms with Crippen LogP contribution in [-0.4, -0.2) is 35.0 Å². The topological polar surface area (TPSA) is 57.6 Å². The van der Waals surface area contributed by atoms with E-state index in [1.54, 1.807) is 18.2 Å². The number of nitrogens with zero attached hydrogens (tertiary/aromatic N) is 1. The number of terminal acetylenes is 1. The van der Waals surface area contributed by atoms with Gasteiger partial charge >= 0.3 is 5.97 Å². The number of carboxylic acid groups (broad SMARTS) is 1. The first kappa shape index (κ1) is 14.7. The number of carbonyl (C=O) groups is 2. The summed E-state index contributed by atoms with van der Waals surface area (Å²) in [6.45, 7) is -0.480. The van der Waals surface area contributed by atoms with Crippen LogP contribution in [0.4, 0.5) is 0 Å². The molecule has 0 spiro atoms. The van der Waals surface area contributed by atoms with Crippen molar-refractivity contribution in [3.05, 3.63) is 32.7 Å². The second kappa shape index (κ2) is 6.57. The molecule has 0 saturated carbocycles. The maximum absolute atomic E-state index is 12.2.